The van der Waals surface area contributed by atoms with Gasteiger partial charge in [-0.2, -0.15) is 4.72 Å². The lowest BCUT2D eigenvalue weighted by atomic mass is 10.1. The molecule has 0 aromatic heterocycles. The standard InChI is InChI=1S/C14H22N2O4S/c1-10(2)8-13(14(17)18)15-21(19,20)12-7-5-6-11(9-12)16(3)4/h5-7,9-10,13,15H,8H2,1-4H3,(H,17,18)/t13-/m1/s1. The van der Waals surface area contributed by atoms with Crippen LogP contribution in [0, 0.1) is 5.92 Å². The van der Waals surface area contributed by atoms with E-state index in [1.165, 1.54) is 12.1 Å². The van der Waals surface area contributed by atoms with E-state index in [0.717, 1.165) is 5.69 Å². The molecule has 0 spiro atoms. The van der Waals surface area contributed by atoms with E-state index in [9.17, 15) is 13.2 Å². The Kier molecular flexibility index (Phi) is 5.74. The third-order valence-corrected chi connectivity index (χ3v) is 4.42. The van der Waals surface area contributed by atoms with Crippen LogP contribution in [0.3, 0.4) is 0 Å². The Bertz CT molecular complexity index is 597. The number of rotatable bonds is 7. The van der Waals surface area contributed by atoms with E-state index < -0.39 is 22.0 Å². The van der Waals surface area contributed by atoms with Crippen molar-refractivity contribution in [2.75, 3.05) is 19.0 Å². The molecule has 2 N–H and O–H groups in total. The molecule has 1 aromatic rings. The molecule has 0 bridgehead atoms. The summed E-state index contributed by atoms with van der Waals surface area (Å²) in [6.07, 6.45) is 0.238. The molecule has 0 heterocycles. The monoisotopic (exact) mass is 314 g/mol. The zero-order chi connectivity index (χ0) is 16.2. The predicted octanol–water partition coefficient (Wildman–Crippen LogP) is 1.53. The van der Waals surface area contributed by atoms with Gasteiger partial charge in [-0.15, -0.1) is 0 Å². The van der Waals surface area contributed by atoms with Crippen LogP contribution in [0.5, 0.6) is 0 Å². The van der Waals surface area contributed by atoms with Crippen LogP contribution in [0.2, 0.25) is 0 Å². The van der Waals surface area contributed by atoms with Crippen molar-refractivity contribution in [2.45, 2.75) is 31.2 Å². The van der Waals surface area contributed by atoms with Crippen LogP contribution in [0.15, 0.2) is 29.2 Å². The highest BCUT2D eigenvalue weighted by Gasteiger charge is 2.26. The van der Waals surface area contributed by atoms with Gasteiger partial charge >= 0.3 is 5.97 Å². The summed E-state index contributed by atoms with van der Waals surface area (Å²) < 4.78 is 26.9. The van der Waals surface area contributed by atoms with Crippen LogP contribution in [0.4, 0.5) is 5.69 Å². The third-order valence-electron chi connectivity index (χ3n) is 2.95. The Labute approximate surface area is 125 Å². The number of sulfonamides is 1. The highest BCUT2D eigenvalue weighted by Crippen LogP contribution is 2.18. The van der Waals surface area contributed by atoms with Gasteiger partial charge in [0.05, 0.1) is 4.90 Å². The molecule has 7 heteroatoms. The molecule has 1 rings (SSSR count). The smallest absolute Gasteiger partial charge is 0.321 e. The summed E-state index contributed by atoms with van der Waals surface area (Å²) in [6.45, 7) is 3.69. The molecule has 0 aliphatic rings. The van der Waals surface area contributed by atoms with E-state index in [2.05, 4.69) is 4.72 Å². The van der Waals surface area contributed by atoms with Crippen LogP contribution in [0.1, 0.15) is 20.3 Å². The fraction of sp³-hybridized carbons (Fsp3) is 0.500. The van der Waals surface area contributed by atoms with Crippen molar-refractivity contribution in [3.8, 4) is 0 Å². The summed E-state index contributed by atoms with van der Waals surface area (Å²) >= 11 is 0. The van der Waals surface area contributed by atoms with E-state index in [0.29, 0.717) is 0 Å². The number of carbonyl (C=O) groups is 1. The summed E-state index contributed by atoms with van der Waals surface area (Å²) in [5.41, 5.74) is 0.730. The summed E-state index contributed by atoms with van der Waals surface area (Å²) in [7, 11) is -0.257. The quantitative estimate of drug-likeness (QED) is 0.797. The van der Waals surface area contributed by atoms with E-state index >= 15 is 0 Å². The van der Waals surface area contributed by atoms with Crippen molar-refractivity contribution in [1.29, 1.82) is 0 Å². The van der Waals surface area contributed by atoms with Gasteiger partial charge in [0.15, 0.2) is 0 Å². The Hall–Kier alpha value is -1.60. The van der Waals surface area contributed by atoms with Gasteiger partial charge in [-0.05, 0) is 30.5 Å². The number of carboxylic acids is 1. The average molecular weight is 314 g/mol. The van der Waals surface area contributed by atoms with Crippen molar-refractivity contribution < 1.29 is 18.3 Å². The molecule has 1 atom stereocenters. The number of carboxylic acid groups (broad SMARTS) is 1. The first kappa shape index (κ1) is 17.5. The minimum atomic E-state index is -3.86. The lowest BCUT2D eigenvalue weighted by molar-refractivity contribution is -0.139. The van der Waals surface area contributed by atoms with Gasteiger partial charge in [-0.3, -0.25) is 4.79 Å². The van der Waals surface area contributed by atoms with E-state index in [1.54, 1.807) is 31.1 Å². The fourth-order valence-corrected chi connectivity index (χ4v) is 3.10. The number of benzene rings is 1. The lowest BCUT2D eigenvalue weighted by Gasteiger charge is -2.18. The zero-order valence-corrected chi connectivity index (χ0v) is 13.5. The maximum absolute atomic E-state index is 12.3. The summed E-state index contributed by atoms with van der Waals surface area (Å²) in [5, 5.41) is 9.14. The lowest BCUT2D eigenvalue weighted by Crippen LogP contribution is -2.41. The number of hydrogen-bond acceptors (Lipinski definition) is 4. The molecule has 118 valence electrons. The van der Waals surface area contributed by atoms with Gasteiger partial charge in [0.2, 0.25) is 10.0 Å². The third kappa shape index (κ3) is 5.02. The van der Waals surface area contributed by atoms with Crippen LogP contribution in [-0.4, -0.2) is 39.6 Å². The molecule has 0 saturated carbocycles. The van der Waals surface area contributed by atoms with Crippen LogP contribution in [-0.2, 0) is 14.8 Å². The maximum atomic E-state index is 12.3. The van der Waals surface area contributed by atoms with Gasteiger partial charge in [0, 0.05) is 19.8 Å². The fourth-order valence-electron chi connectivity index (χ4n) is 1.85. The molecule has 0 unspecified atom stereocenters. The summed E-state index contributed by atoms with van der Waals surface area (Å²) in [6, 6.07) is 5.24. The molecule has 0 aliphatic carbocycles. The van der Waals surface area contributed by atoms with Crippen molar-refractivity contribution in [3.63, 3.8) is 0 Å². The van der Waals surface area contributed by atoms with Crippen molar-refractivity contribution in [2.24, 2.45) is 5.92 Å². The van der Waals surface area contributed by atoms with Gasteiger partial charge < -0.3 is 10.0 Å². The van der Waals surface area contributed by atoms with Gasteiger partial charge in [0.1, 0.15) is 6.04 Å². The average Bonchev–Trinajstić information content (AvgIpc) is 2.37. The van der Waals surface area contributed by atoms with Gasteiger partial charge in [-0.25, -0.2) is 8.42 Å². The Morgan fingerprint density at radius 3 is 2.43 bits per heavy atom. The van der Waals surface area contributed by atoms with Crippen molar-refractivity contribution in [3.05, 3.63) is 24.3 Å². The first-order valence-corrected chi connectivity index (χ1v) is 8.14. The second kappa shape index (κ2) is 6.91. The Morgan fingerprint density at radius 1 is 1.33 bits per heavy atom. The first-order chi connectivity index (χ1) is 9.63. The van der Waals surface area contributed by atoms with E-state index in [-0.39, 0.29) is 17.2 Å². The first-order valence-electron chi connectivity index (χ1n) is 6.66. The molecule has 0 amide bonds. The van der Waals surface area contributed by atoms with E-state index in [4.69, 9.17) is 5.11 Å². The minimum absolute atomic E-state index is 0.0590. The van der Waals surface area contributed by atoms with Gasteiger partial charge in [-0.1, -0.05) is 19.9 Å². The Morgan fingerprint density at radius 2 is 1.95 bits per heavy atom. The number of anilines is 1. The SMILES string of the molecule is CC(C)C[C@@H](NS(=O)(=O)c1cccc(N(C)C)c1)C(=O)O. The molecule has 0 saturated heterocycles. The summed E-state index contributed by atoms with van der Waals surface area (Å²) in [5.74, 6) is -1.10. The number of nitrogens with one attached hydrogen (secondary N) is 1. The van der Waals surface area contributed by atoms with Crippen LogP contribution in [0.25, 0.3) is 0 Å². The van der Waals surface area contributed by atoms with Crippen LogP contribution < -0.4 is 9.62 Å². The molecule has 0 fully saturated rings. The number of hydrogen-bond donors (Lipinski definition) is 2. The van der Waals surface area contributed by atoms with Crippen molar-refractivity contribution >= 4 is 21.7 Å². The molecular weight excluding hydrogens is 292 g/mol. The highest BCUT2D eigenvalue weighted by atomic mass is 32.2. The molecular formula is C14H22N2O4S. The molecule has 6 nitrogen and oxygen atoms in total. The largest absolute Gasteiger partial charge is 0.480 e. The molecule has 21 heavy (non-hydrogen) atoms. The second-order valence-electron chi connectivity index (χ2n) is 5.53. The second-order valence-corrected chi connectivity index (χ2v) is 7.25. The predicted molar refractivity (Wildman–Crippen MR) is 82.0 cm³/mol. The topological polar surface area (TPSA) is 86.7 Å². The van der Waals surface area contributed by atoms with Crippen molar-refractivity contribution in [1.82, 2.24) is 4.72 Å². The molecule has 1 aromatic carbocycles. The molecule has 0 aliphatic heterocycles. The van der Waals surface area contributed by atoms with E-state index in [1.807, 2.05) is 13.8 Å². The van der Waals surface area contributed by atoms with Gasteiger partial charge in [0.25, 0.3) is 0 Å². The minimum Gasteiger partial charge on any atom is -0.480 e. The number of nitrogens with zero attached hydrogens (tertiary/aromatic N) is 1. The number of aliphatic carboxylic acids is 1. The normalized spacial score (nSPS) is 13.2. The maximum Gasteiger partial charge on any atom is 0.321 e. The highest BCUT2D eigenvalue weighted by molar-refractivity contribution is 7.89. The van der Waals surface area contributed by atoms with Crippen LogP contribution >= 0.6 is 0 Å². The summed E-state index contributed by atoms with van der Waals surface area (Å²) in [4.78, 5) is 13.0. The Balaban J connectivity index is 3.04. The zero-order valence-electron chi connectivity index (χ0n) is 12.7. The molecule has 0 radical (unpaired) electrons.